The maximum Gasteiger partial charge on any atom is 0.255 e. The maximum absolute atomic E-state index is 12.2. The van der Waals surface area contributed by atoms with Crippen molar-refractivity contribution in [2.45, 2.75) is 6.92 Å². The van der Waals surface area contributed by atoms with Crippen molar-refractivity contribution in [3.63, 3.8) is 0 Å². The summed E-state index contributed by atoms with van der Waals surface area (Å²) in [6.45, 7) is 1.74. The second kappa shape index (κ2) is 6.94. The molecule has 0 saturated heterocycles. The molecule has 0 aliphatic rings. The van der Waals surface area contributed by atoms with E-state index in [1.165, 1.54) is 0 Å². The van der Waals surface area contributed by atoms with Crippen LogP contribution < -0.4 is 5.32 Å². The third kappa shape index (κ3) is 4.09. The van der Waals surface area contributed by atoms with Crippen LogP contribution >= 0.6 is 11.6 Å². The Morgan fingerprint density at radius 3 is 2.62 bits per heavy atom. The molecule has 0 saturated carbocycles. The summed E-state index contributed by atoms with van der Waals surface area (Å²) < 4.78 is 0. The SMILES string of the molecule is Cc1ccc(Cl)c(NC(=O)c2ccc(C#CCO)cc2)c1. The first-order chi connectivity index (χ1) is 10.1. The molecule has 0 aromatic heterocycles. The molecule has 21 heavy (non-hydrogen) atoms. The predicted molar refractivity (Wildman–Crippen MR) is 84.5 cm³/mol. The first kappa shape index (κ1) is 15.1. The predicted octanol–water partition coefficient (Wildman–Crippen LogP) is 3.24. The van der Waals surface area contributed by atoms with Crippen LogP contribution in [-0.4, -0.2) is 17.6 Å². The molecule has 0 spiro atoms. The van der Waals surface area contributed by atoms with Crippen LogP contribution in [0.5, 0.6) is 0 Å². The van der Waals surface area contributed by atoms with Crippen LogP contribution in [-0.2, 0) is 0 Å². The van der Waals surface area contributed by atoms with E-state index in [9.17, 15) is 4.79 Å². The van der Waals surface area contributed by atoms with Gasteiger partial charge in [0.2, 0.25) is 0 Å². The Morgan fingerprint density at radius 1 is 1.24 bits per heavy atom. The molecule has 2 N–H and O–H groups in total. The number of rotatable bonds is 2. The molecule has 0 aliphatic carbocycles. The van der Waals surface area contributed by atoms with E-state index in [4.69, 9.17) is 16.7 Å². The fraction of sp³-hybridized carbons (Fsp3) is 0.118. The topological polar surface area (TPSA) is 49.3 Å². The lowest BCUT2D eigenvalue weighted by molar-refractivity contribution is 0.102. The van der Waals surface area contributed by atoms with Crippen LogP contribution in [0.4, 0.5) is 5.69 Å². The molecular weight excluding hydrogens is 286 g/mol. The molecule has 0 bridgehead atoms. The summed E-state index contributed by atoms with van der Waals surface area (Å²) in [4.78, 5) is 12.2. The van der Waals surface area contributed by atoms with Crippen molar-refractivity contribution in [3.8, 4) is 11.8 Å². The van der Waals surface area contributed by atoms with Crippen molar-refractivity contribution in [2.24, 2.45) is 0 Å². The van der Waals surface area contributed by atoms with E-state index in [0.29, 0.717) is 16.3 Å². The number of nitrogens with one attached hydrogen (secondary N) is 1. The Morgan fingerprint density at radius 2 is 1.95 bits per heavy atom. The number of hydrogen-bond donors (Lipinski definition) is 2. The highest BCUT2D eigenvalue weighted by Crippen LogP contribution is 2.23. The van der Waals surface area contributed by atoms with Crippen molar-refractivity contribution in [1.82, 2.24) is 0 Å². The number of hydrogen-bond acceptors (Lipinski definition) is 2. The highest BCUT2D eigenvalue weighted by Gasteiger charge is 2.08. The van der Waals surface area contributed by atoms with Crippen LogP contribution in [0.25, 0.3) is 0 Å². The minimum absolute atomic E-state index is 0.186. The van der Waals surface area contributed by atoms with Crippen molar-refractivity contribution in [2.75, 3.05) is 11.9 Å². The normalized spacial score (nSPS) is 9.67. The summed E-state index contributed by atoms with van der Waals surface area (Å²) in [7, 11) is 0. The molecule has 106 valence electrons. The molecule has 0 radical (unpaired) electrons. The average molecular weight is 300 g/mol. The van der Waals surface area contributed by atoms with E-state index in [2.05, 4.69) is 17.2 Å². The van der Waals surface area contributed by atoms with Gasteiger partial charge < -0.3 is 10.4 Å². The standard InChI is InChI=1S/C17H14ClNO2/c1-12-4-9-15(18)16(11-12)19-17(21)14-7-5-13(6-8-14)3-2-10-20/h4-9,11,20H,10H2,1H3,(H,19,21). The third-order valence-electron chi connectivity index (χ3n) is 2.83. The Labute approximate surface area is 128 Å². The molecule has 0 aliphatic heterocycles. The van der Waals surface area contributed by atoms with Gasteiger partial charge in [-0.2, -0.15) is 0 Å². The van der Waals surface area contributed by atoms with Crippen LogP contribution in [0.15, 0.2) is 42.5 Å². The molecule has 0 fully saturated rings. The highest BCUT2D eigenvalue weighted by molar-refractivity contribution is 6.33. The van der Waals surface area contributed by atoms with Crippen molar-refractivity contribution in [1.29, 1.82) is 0 Å². The molecule has 2 rings (SSSR count). The van der Waals surface area contributed by atoms with Gasteiger partial charge in [-0.05, 0) is 48.9 Å². The van der Waals surface area contributed by atoms with Crippen molar-refractivity contribution in [3.05, 3.63) is 64.2 Å². The van der Waals surface area contributed by atoms with E-state index in [1.54, 1.807) is 30.3 Å². The van der Waals surface area contributed by atoms with Gasteiger partial charge >= 0.3 is 0 Å². The number of halogens is 1. The lowest BCUT2D eigenvalue weighted by atomic mass is 10.1. The van der Waals surface area contributed by atoms with Crippen LogP contribution in [0.3, 0.4) is 0 Å². The third-order valence-corrected chi connectivity index (χ3v) is 3.16. The van der Waals surface area contributed by atoms with Crippen LogP contribution in [0.1, 0.15) is 21.5 Å². The van der Waals surface area contributed by atoms with Crippen LogP contribution in [0, 0.1) is 18.8 Å². The summed E-state index contributed by atoms with van der Waals surface area (Å²) in [5.41, 5.74) is 2.87. The Hall–Kier alpha value is -2.28. The maximum atomic E-state index is 12.2. The highest BCUT2D eigenvalue weighted by atomic mass is 35.5. The second-order valence-corrected chi connectivity index (χ2v) is 4.88. The lowest BCUT2D eigenvalue weighted by Gasteiger charge is -2.08. The number of anilines is 1. The monoisotopic (exact) mass is 299 g/mol. The van der Waals surface area contributed by atoms with Gasteiger partial charge in [0.1, 0.15) is 6.61 Å². The fourth-order valence-electron chi connectivity index (χ4n) is 1.78. The molecule has 3 nitrogen and oxygen atoms in total. The Bertz CT molecular complexity index is 712. The van der Waals surface area contributed by atoms with E-state index in [1.807, 2.05) is 19.1 Å². The van der Waals surface area contributed by atoms with Gasteiger partial charge in [-0.1, -0.05) is 29.5 Å². The van der Waals surface area contributed by atoms with Gasteiger partial charge in [0.05, 0.1) is 10.7 Å². The number of amides is 1. The quantitative estimate of drug-likeness (QED) is 0.836. The van der Waals surface area contributed by atoms with Gasteiger partial charge in [0.25, 0.3) is 5.91 Å². The van der Waals surface area contributed by atoms with Gasteiger partial charge in [-0.15, -0.1) is 0 Å². The zero-order valence-corrected chi connectivity index (χ0v) is 12.2. The summed E-state index contributed by atoms with van der Waals surface area (Å²) in [6.07, 6.45) is 0. The minimum atomic E-state index is -0.232. The summed E-state index contributed by atoms with van der Waals surface area (Å²) in [6, 6.07) is 12.3. The van der Waals surface area contributed by atoms with Gasteiger partial charge in [-0.3, -0.25) is 4.79 Å². The van der Waals surface area contributed by atoms with Crippen molar-refractivity contribution >= 4 is 23.2 Å². The smallest absolute Gasteiger partial charge is 0.255 e. The van der Waals surface area contributed by atoms with Gasteiger partial charge in [-0.25, -0.2) is 0 Å². The Kier molecular flexibility index (Phi) is 4.99. The average Bonchev–Trinajstić information content (AvgIpc) is 2.49. The van der Waals surface area contributed by atoms with E-state index in [0.717, 1.165) is 11.1 Å². The number of carbonyl (C=O) groups is 1. The molecule has 4 heteroatoms. The van der Waals surface area contributed by atoms with Crippen LogP contribution in [0.2, 0.25) is 5.02 Å². The lowest BCUT2D eigenvalue weighted by Crippen LogP contribution is -2.12. The number of aliphatic hydroxyl groups is 1. The largest absolute Gasteiger partial charge is 0.384 e. The molecule has 2 aromatic carbocycles. The van der Waals surface area contributed by atoms with Crippen molar-refractivity contribution < 1.29 is 9.90 Å². The number of benzene rings is 2. The van der Waals surface area contributed by atoms with E-state index in [-0.39, 0.29) is 12.5 Å². The number of aryl methyl sites for hydroxylation is 1. The second-order valence-electron chi connectivity index (χ2n) is 4.47. The summed E-state index contributed by atoms with van der Waals surface area (Å²) in [5, 5.41) is 11.9. The fourth-order valence-corrected chi connectivity index (χ4v) is 1.94. The molecule has 2 aromatic rings. The molecule has 0 atom stereocenters. The molecule has 0 unspecified atom stereocenters. The van der Waals surface area contributed by atoms with Gasteiger partial charge in [0.15, 0.2) is 0 Å². The van der Waals surface area contributed by atoms with E-state index < -0.39 is 0 Å². The molecular formula is C17H14ClNO2. The minimum Gasteiger partial charge on any atom is -0.384 e. The molecule has 1 amide bonds. The van der Waals surface area contributed by atoms with Gasteiger partial charge in [0, 0.05) is 11.1 Å². The number of carbonyl (C=O) groups excluding carboxylic acids is 1. The Balaban J connectivity index is 2.15. The summed E-state index contributed by atoms with van der Waals surface area (Å²) in [5.74, 6) is 5.10. The summed E-state index contributed by atoms with van der Waals surface area (Å²) >= 11 is 6.05. The molecule has 0 heterocycles. The first-order valence-electron chi connectivity index (χ1n) is 6.37. The zero-order valence-electron chi connectivity index (χ0n) is 11.5. The number of aliphatic hydroxyl groups excluding tert-OH is 1. The zero-order chi connectivity index (χ0) is 15.2. The van der Waals surface area contributed by atoms with E-state index >= 15 is 0 Å². The first-order valence-corrected chi connectivity index (χ1v) is 6.75.